The molecule has 2 aromatic heterocycles. The quantitative estimate of drug-likeness (QED) is 0.711. The van der Waals surface area contributed by atoms with Crippen molar-refractivity contribution in [2.24, 2.45) is 11.8 Å². The lowest BCUT2D eigenvalue weighted by Crippen LogP contribution is -2.55. The molecule has 0 amide bonds. The molecule has 9 heteroatoms. The molecule has 174 valence electrons. The van der Waals surface area contributed by atoms with Crippen molar-refractivity contribution >= 4 is 5.82 Å². The van der Waals surface area contributed by atoms with Crippen LogP contribution in [-0.2, 0) is 10.9 Å². The minimum absolute atomic E-state index is 0.178. The van der Waals surface area contributed by atoms with Crippen molar-refractivity contribution < 1.29 is 17.9 Å². The predicted octanol–water partition coefficient (Wildman–Crippen LogP) is 4.34. The summed E-state index contributed by atoms with van der Waals surface area (Å²) in [7, 11) is 1.77. The number of rotatable bonds is 6. The van der Waals surface area contributed by atoms with Gasteiger partial charge in [-0.1, -0.05) is 6.92 Å². The number of methoxy groups -OCH3 is 1. The Kier molecular flexibility index (Phi) is 5.24. The largest absolute Gasteiger partial charge is 0.419 e. The van der Waals surface area contributed by atoms with Crippen LogP contribution in [0.4, 0.5) is 19.0 Å². The fourth-order valence-electron chi connectivity index (χ4n) is 5.63. The summed E-state index contributed by atoms with van der Waals surface area (Å²) in [6, 6.07) is 3.84. The van der Waals surface area contributed by atoms with Gasteiger partial charge in [-0.05, 0) is 50.2 Å². The van der Waals surface area contributed by atoms with Gasteiger partial charge in [0.05, 0.1) is 17.4 Å². The van der Waals surface area contributed by atoms with E-state index in [2.05, 4.69) is 23.7 Å². The van der Waals surface area contributed by atoms with Gasteiger partial charge in [-0.3, -0.25) is 9.58 Å². The summed E-state index contributed by atoms with van der Waals surface area (Å²) >= 11 is 0. The second kappa shape index (κ2) is 7.73. The van der Waals surface area contributed by atoms with E-state index in [4.69, 9.17) is 15.6 Å². The van der Waals surface area contributed by atoms with Crippen LogP contribution in [0.2, 0.25) is 0 Å². The summed E-state index contributed by atoms with van der Waals surface area (Å²) in [6.45, 7) is 6.24. The van der Waals surface area contributed by atoms with E-state index in [0.717, 1.165) is 31.3 Å². The van der Waals surface area contributed by atoms with Gasteiger partial charge in [0.15, 0.2) is 0 Å². The van der Waals surface area contributed by atoms with E-state index in [1.54, 1.807) is 7.11 Å². The number of halogens is 3. The van der Waals surface area contributed by atoms with E-state index < -0.39 is 17.6 Å². The maximum absolute atomic E-state index is 13.3. The number of hydrogen-bond donors (Lipinski definition) is 1. The molecule has 6 nitrogen and oxygen atoms in total. The minimum Gasteiger partial charge on any atom is -0.383 e. The second-order valence-electron chi connectivity index (χ2n) is 9.60. The number of pyridine rings is 1. The molecule has 1 aliphatic heterocycles. The molecule has 0 radical (unpaired) electrons. The van der Waals surface area contributed by atoms with E-state index in [0.29, 0.717) is 41.2 Å². The van der Waals surface area contributed by atoms with Gasteiger partial charge in [0.25, 0.3) is 0 Å². The lowest BCUT2D eigenvalue weighted by atomic mass is 9.99. The molecule has 0 aromatic carbocycles. The van der Waals surface area contributed by atoms with Crippen molar-refractivity contribution in [1.29, 1.82) is 0 Å². The van der Waals surface area contributed by atoms with E-state index in [-0.39, 0.29) is 6.04 Å². The first-order chi connectivity index (χ1) is 15.2. The van der Waals surface area contributed by atoms with Crippen LogP contribution in [0.15, 0.2) is 18.3 Å². The normalized spacial score (nSPS) is 29.1. The zero-order chi connectivity index (χ0) is 22.8. The Morgan fingerprint density at radius 2 is 1.91 bits per heavy atom. The monoisotopic (exact) mass is 449 g/mol. The Balaban J connectivity index is 1.38. The molecule has 5 atom stereocenters. The zero-order valence-corrected chi connectivity index (χ0v) is 18.6. The molecule has 5 rings (SSSR count). The molecule has 0 spiro atoms. The molecule has 3 aliphatic rings. The van der Waals surface area contributed by atoms with Crippen molar-refractivity contribution in [1.82, 2.24) is 19.7 Å². The van der Waals surface area contributed by atoms with E-state index in [1.807, 2.05) is 10.7 Å². The first-order valence-corrected chi connectivity index (χ1v) is 11.4. The Morgan fingerprint density at radius 3 is 2.50 bits per heavy atom. The van der Waals surface area contributed by atoms with Crippen LogP contribution in [0.25, 0.3) is 11.3 Å². The van der Waals surface area contributed by atoms with Crippen LogP contribution in [0.1, 0.15) is 56.3 Å². The van der Waals surface area contributed by atoms with Gasteiger partial charge < -0.3 is 10.5 Å². The Labute approximate surface area is 185 Å². The van der Waals surface area contributed by atoms with Crippen LogP contribution in [0.3, 0.4) is 0 Å². The fourth-order valence-corrected chi connectivity index (χ4v) is 5.63. The molecule has 3 fully saturated rings. The molecule has 3 heterocycles. The van der Waals surface area contributed by atoms with Gasteiger partial charge in [0.2, 0.25) is 0 Å². The van der Waals surface area contributed by atoms with Crippen molar-refractivity contribution in [3.8, 4) is 11.3 Å². The van der Waals surface area contributed by atoms with Gasteiger partial charge in [-0.2, -0.15) is 18.3 Å². The number of anilines is 1. The van der Waals surface area contributed by atoms with Gasteiger partial charge >= 0.3 is 6.18 Å². The highest BCUT2D eigenvalue weighted by molar-refractivity contribution is 5.63. The number of nitrogens with zero attached hydrogens (tertiary/aromatic N) is 4. The Morgan fingerprint density at radius 1 is 1.22 bits per heavy atom. The smallest absolute Gasteiger partial charge is 0.383 e. The topological polar surface area (TPSA) is 69.2 Å². The third-order valence-electron chi connectivity index (χ3n) is 7.78. The summed E-state index contributed by atoms with van der Waals surface area (Å²) in [5, 5.41) is 4.74. The first-order valence-electron chi connectivity index (χ1n) is 11.4. The number of nitrogen functional groups attached to an aromatic ring is 1. The molecular formula is C23H30F3N5O. The van der Waals surface area contributed by atoms with Gasteiger partial charge in [0, 0.05) is 55.7 Å². The number of alkyl halides is 3. The second-order valence-corrected chi connectivity index (χ2v) is 9.60. The number of fused-ring (bicyclic) bond motifs is 1. The maximum atomic E-state index is 13.3. The molecule has 2 N–H and O–H groups in total. The summed E-state index contributed by atoms with van der Waals surface area (Å²) in [5.74, 6) is 1.19. The first kappa shape index (κ1) is 21.7. The predicted molar refractivity (Wildman–Crippen MR) is 115 cm³/mol. The highest BCUT2D eigenvalue weighted by atomic mass is 19.4. The van der Waals surface area contributed by atoms with Crippen LogP contribution >= 0.6 is 0 Å². The highest BCUT2D eigenvalue weighted by Gasteiger charge is 2.59. The summed E-state index contributed by atoms with van der Waals surface area (Å²) in [6.07, 6.45) is 0.461. The fraction of sp³-hybridized carbons (Fsp3) is 0.652. The molecular weight excluding hydrogens is 419 g/mol. The average Bonchev–Trinajstić information content (AvgIpc) is 3.06. The maximum Gasteiger partial charge on any atom is 0.419 e. The van der Waals surface area contributed by atoms with Gasteiger partial charge in [-0.15, -0.1) is 0 Å². The number of nitrogens with two attached hydrogens (primary N) is 1. The van der Waals surface area contributed by atoms with E-state index >= 15 is 0 Å². The minimum atomic E-state index is -4.55. The standard InChI is InChI=1S/C23H30F3N5O/c1-4-12(2)31-20(21-16-6-14(7-17(16)21)30-10-15(11-30)32-3)8-19(29-31)13-5-18(23(24,25)26)22(27)28-9-13/h5,8-9,12,14-17,21H,4,6-7,10-11H2,1-3H3,(H2,27,28)/t12?,14?,16-,17+,21?. The van der Waals surface area contributed by atoms with Crippen molar-refractivity contribution in [2.45, 2.75) is 63.4 Å². The van der Waals surface area contributed by atoms with E-state index in [1.165, 1.54) is 19.0 Å². The van der Waals surface area contributed by atoms with Crippen LogP contribution in [0.5, 0.6) is 0 Å². The van der Waals surface area contributed by atoms with E-state index in [9.17, 15) is 13.2 Å². The number of ether oxygens (including phenoxy) is 1. The Bertz CT molecular complexity index is 988. The third kappa shape index (κ3) is 3.59. The number of hydrogen-bond acceptors (Lipinski definition) is 5. The molecule has 2 aliphatic carbocycles. The Hall–Kier alpha value is -2.13. The SMILES string of the molecule is CCC(C)n1nc(-c2cnc(N)c(C(F)(F)F)c2)cc1C1[C@H]2CC(N3CC(OC)C3)C[C@@H]12. The van der Waals surface area contributed by atoms with Gasteiger partial charge in [-0.25, -0.2) is 4.98 Å². The molecule has 32 heavy (non-hydrogen) atoms. The summed E-state index contributed by atoms with van der Waals surface area (Å²) < 4.78 is 47.4. The van der Waals surface area contributed by atoms with Crippen molar-refractivity contribution in [3.05, 3.63) is 29.6 Å². The molecule has 3 unspecified atom stereocenters. The molecule has 2 aromatic rings. The summed E-state index contributed by atoms with van der Waals surface area (Å²) in [4.78, 5) is 6.32. The molecule has 0 bridgehead atoms. The summed E-state index contributed by atoms with van der Waals surface area (Å²) in [5.41, 5.74) is 6.60. The average molecular weight is 450 g/mol. The number of aromatic nitrogens is 3. The van der Waals surface area contributed by atoms with Crippen molar-refractivity contribution in [2.75, 3.05) is 25.9 Å². The molecule has 2 saturated carbocycles. The van der Waals surface area contributed by atoms with Crippen LogP contribution < -0.4 is 5.73 Å². The van der Waals surface area contributed by atoms with Gasteiger partial charge in [0.1, 0.15) is 5.82 Å². The highest BCUT2D eigenvalue weighted by Crippen LogP contribution is 2.64. The number of likely N-dealkylation sites (tertiary alicyclic amines) is 1. The van der Waals surface area contributed by atoms with Crippen LogP contribution in [0, 0.1) is 11.8 Å². The lowest BCUT2D eigenvalue weighted by Gasteiger charge is -2.43. The molecule has 1 saturated heterocycles. The van der Waals surface area contributed by atoms with Crippen LogP contribution in [-0.4, -0.2) is 52.0 Å². The zero-order valence-electron chi connectivity index (χ0n) is 18.6. The van der Waals surface area contributed by atoms with Crippen molar-refractivity contribution in [3.63, 3.8) is 0 Å². The lowest BCUT2D eigenvalue weighted by molar-refractivity contribution is -0.137. The third-order valence-corrected chi connectivity index (χ3v) is 7.78.